The topological polar surface area (TPSA) is 117 Å². The van der Waals surface area contributed by atoms with Gasteiger partial charge in [0.25, 0.3) is 0 Å². The van der Waals surface area contributed by atoms with Crippen LogP contribution in [0.5, 0.6) is 0 Å². The summed E-state index contributed by atoms with van der Waals surface area (Å²) in [5.74, 6) is -3.23. The molecular weight excluding hydrogens is 394 g/mol. The molecule has 150 valence electrons. The SMILES string of the molecule is O=C(CCNS(=O)(=O)c1ccc(F)c(F)c1)NCCC(=O)Nc1cccnc1. The number of amides is 2. The summed E-state index contributed by atoms with van der Waals surface area (Å²) in [4.78, 5) is 26.8. The highest BCUT2D eigenvalue weighted by Crippen LogP contribution is 2.13. The Labute approximate surface area is 160 Å². The van der Waals surface area contributed by atoms with E-state index in [4.69, 9.17) is 0 Å². The molecule has 0 radical (unpaired) electrons. The average Bonchev–Trinajstić information content (AvgIpc) is 2.64. The van der Waals surface area contributed by atoms with Gasteiger partial charge in [0.15, 0.2) is 11.6 Å². The van der Waals surface area contributed by atoms with Crippen molar-refractivity contribution in [2.45, 2.75) is 17.7 Å². The average molecular weight is 412 g/mol. The number of sulfonamides is 1. The van der Waals surface area contributed by atoms with Crippen LogP contribution in [0.4, 0.5) is 14.5 Å². The van der Waals surface area contributed by atoms with Crippen molar-refractivity contribution in [2.24, 2.45) is 0 Å². The van der Waals surface area contributed by atoms with Crippen molar-refractivity contribution in [2.75, 3.05) is 18.4 Å². The minimum atomic E-state index is -4.07. The zero-order chi connectivity index (χ0) is 20.6. The second kappa shape index (κ2) is 9.85. The van der Waals surface area contributed by atoms with Crippen LogP contribution in [0.1, 0.15) is 12.8 Å². The van der Waals surface area contributed by atoms with Crippen molar-refractivity contribution in [3.05, 3.63) is 54.4 Å². The van der Waals surface area contributed by atoms with Gasteiger partial charge in [-0.3, -0.25) is 14.6 Å². The standard InChI is InChI=1S/C17H18F2N4O4S/c18-14-4-3-13(10-15(14)19)28(26,27)22-9-6-16(24)21-8-5-17(25)23-12-2-1-7-20-11-12/h1-4,7,10-11,22H,5-6,8-9H2,(H,21,24)(H,23,25). The van der Waals surface area contributed by atoms with Crippen molar-refractivity contribution < 1.29 is 26.8 Å². The van der Waals surface area contributed by atoms with Crippen LogP contribution in [0.25, 0.3) is 0 Å². The maximum Gasteiger partial charge on any atom is 0.240 e. The highest BCUT2D eigenvalue weighted by molar-refractivity contribution is 7.89. The Balaban J connectivity index is 1.69. The molecule has 0 unspecified atom stereocenters. The van der Waals surface area contributed by atoms with E-state index in [9.17, 15) is 26.8 Å². The molecule has 2 aromatic rings. The number of nitrogens with zero attached hydrogens (tertiary/aromatic N) is 1. The van der Waals surface area contributed by atoms with E-state index in [0.717, 1.165) is 6.07 Å². The first kappa shape index (κ1) is 21.4. The summed E-state index contributed by atoms with van der Waals surface area (Å²) in [6.07, 6.45) is 2.89. The van der Waals surface area contributed by atoms with Gasteiger partial charge >= 0.3 is 0 Å². The van der Waals surface area contributed by atoms with Crippen LogP contribution in [0.2, 0.25) is 0 Å². The zero-order valence-corrected chi connectivity index (χ0v) is 15.4. The van der Waals surface area contributed by atoms with Crippen LogP contribution in [0.15, 0.2) is 47.6 Å². The fourth-order valence-electron chi connectivity index (χ4n) is 2.09. The highest BCUT2D eigenvalue weighted by Gasteiger charge is 2.16. The number of carbonyl (C=O) groups excluding carboxylic acids is 2. The number of nitrogens with one attached hydrogen (secondary N) is 3. The van der Waals surface area contributed by atoms with Crippen molar-refractivity contribution in [1.29, 1.82) is 0 Å². The Bertz CT molecular complexity index is 939. The Morgan fingerprint density at radius 2 is 1.75 bits per heavy atom. The molecule has 0 atom stereocenters. The lowest BCUT2D eigenvalue weighted by atomic mass is 10.3. The summed E-state index contributed by atoms with van der Waals surface area (Å²) >= 11 is 0. The van der Waals surface area contributed by atoms with Gasteiger partial charge in [0, 0.05) is 32.1 Å². The van der Waals surface area contributed by atoms with Gasteiger partial charge in [-0.25, -0.2) is 21.9 Å². The predicted molar refractivity (Wildman–Crippen MR) is 96.7 cm³/mol. The molecule has 1 aromatic heterocycles. The summed E-state index contributed by atoms with van der Waals surface area (Å²) in [5.41, 5.74) is 0.533. The number of hydrogen-bond donors (Lipinski definition) is 3. The highest BCUT2D eigenvalue weighted by atomic mass is 32.2. The van der Waals surface area contributed by atoms with Gasteiger partial charge in [-0.15, -0.1) is 0 Å². The molecule has 0 aliphatic heterocycles. The fraction of sp³-hybridized carbons (Fsp3) is 0.235. The number of halogens is 2. The summed E-state index contributed by atoms with van der Waals surface area (Å²) < 4.78 is 52.1. The first-order chi connectivity index (χ1) is 13.3. The van der Waals surface area contributed by atoms with E-state index in [1.807, 2.05) is 0 Å². The molecule has 0 saturated heterocycles. The summed E-state index contributed by atoms with van der Waals surface area (Å²) in [7, 11) is -4.07. The summed E-state index contributed by atoms with van der Waals surface area (Å²) in [6.45, 7) is -0.171. The van der Waals surface area contributed by atoms with Crippen LogP contribution in [0.3, 0.4) is 0 Å². The molecular formula is C17H18F2N4O4S. The number of rotatable bonds is 9. The van der Waals surface area contributed by atoms with Crippen LogP contribution in [-0.2, 0) is 19.6 Å². The molecule has 1 aromatic carbocycles. The van der Waals surface area contributed by atoms with E-state index in [0.29, 0.717) is 17.8 Å². The Hall–Kier alpha value is -2.92. The first-order valence-corrected chi connectivity index (χ1v) is 9.67. The molecule has 0 saturated carbocycles. The van der Waals surface area contributed by atoms with Crippen molar-refractivity contribution in [3.8, 4) is 0 Å². The molecule has 0 bridgehead atoms. The Morgan fingerprint density at radius 3 is 2.43 bits per heavy atom. The Morgan fingerprint density at radius 1 is 1.00 bits per heavy atom. The van der Waals surface area contributed by atoms with E-state index >= 15 is 0 Å². The van der Waals surface area contributed by atoms with Gasteiger partial charge in [0.2, 0.25) is 21.8 Å². The summed E-state index contributed by atoms with van der Waals surface area (Å²) in [5, 5.41) is 5.09. The third kappa shape index (κ3) is 6.67. The van der Waals surface area contributed by atoms with Crippen LogP contribution >= 0.6 is 0 Å². The number of pyridine rings is 1. The van der Waals surface area contributed by atoms with E-state index in [1.54, 1.807) is 18.3 Å². The molecule has 0 fully saturated rings. The van der Waals surface area contributed by atoms with Gasteiger partial charge < -0.3 is 10.6 Å². The first-order valence-electron chi connectivity index (χ1n) is 8.19. The normalized spacial score (nSPS) is 11.1. The lowest BCUT2D eigenvalue weighted by Gasteiger charge is -2.08. The van der Waals surface area contributed by atoms with E-state index < -0.39 is 32.5 Å². The maximum atomic E-state index is 13.1. The van der Waals surface area contributed by atoms with Gasteiger partial charge in [0.05, 0.1) is 16.8 Å². The van der Waals surface area contributed by atoms with E-state index in [-0.39, 0.29) is 31.8 Å². The molecule has 0 aliphatic rings. The number of carbonyl (C=O) groups is 2. The van der Waals surface area contributed by atoms with E-state index in [2.05, 4.69) is 20.3 Å². The molecule has 1 heterocycles. The molecule has 3 N–H and O–H groups in total. The number of aromatic nitrogens is 1. The molecule has 0 aliphatic carbocycles. The van der Waals surface area contributed by atoms with Crippen LogP contribution in [-0.4, -0.2) is 38.3 Å². The second-order valence-electron chi connectivity index (χ2n) is 5.61. The maximum absolute atomic E-state index is 13.1. The van der Waals surface area contributed by atoms with Crippen molar-refractivity contribution in [1.82, 2.24) is 15.0 Å². The minimum Gasteiger partial charge on any atom is -0.356 e. The molecule has 2 amide bonds. The fourth-order valence-corrected chi connectivity index (χ4v) is 3.13. The van der Waals surface area contributed by atoms with Crippen LogP contribution in [0, 0.1) is 11.6 Å². The van der Waals surface area contributed by atoms with Crippen molar-refractivity contribution in [3.63, 3.8) is 0 Å². The van der Waals surface area contributed by atoms with Gasteiger partial charge in [0.1, 0.15) is 0 Å². The van der Waals surface area contributed by atoms with Gasteiger partial charge in [-0.05, 0) is 30.3 Å². The lowest BCUT2D eigenvalue weighted by molar-refractivity contribution is -0.121. The Kier molecular flexibility index (Phi) is 7.52. The third-order valence-electron chi connectivity index (χ3n) is 3.47. The lowest BCUT2D eigenvalue weighted by Crippen LogP contribution is -2.32. The van der Waals surface area contributed by atoms with E-state index in [1.165, 1.54) is 6.20 Å². The van der Waals surface area contributed by atoms with Crippen LogP contribution < -0.4 is 15.4 Å². The molecule has 2 rings (SSSR count). The molecule has 0 spiro atoms. The summed E-state index contributed by atoms with van der Waals surface area (Å²) in [6, 6.07) is 5.51. The molecule has 28 heavy (non-hydrogen) atoms. The third-order valence-corrected chi connectivity index (χ3v) is 4.92. The largest absolute Gasteiger partial charge is 0.356 e. The van der Waals surface area contributed by atoms with Crippen molar-refractivity contribution >= 4 is 27.5 Å². The minimum absolute atomic E-state index is 0.0290. The predicted octanol–water partition coefficient (Wildman–Crippen LogP) is 1.17. The number of anilines is 1. The van der Waals surface area contributed by atoms with Gasteiger partial charge in [-0.2, -0.15) is 0 Å². The quantitative estimate of drug-likeness (QED) is 0.572. The number of hydrogen-bond acceptors (Lipinski definition) is 5. The molecule has 8 nitrogen and oxygen atoms in total. The monoisotopic (exact) mass is 412 g/mol. The second-order valence-corrected chi connectivity index (χ2v) is 7.38. The number of benzene rings is 1. The smallest absolute Gasteiger partial charge is 0.240 e. The molecule has 11 heteroatoms. The zero-order valence-electron chi connectivity index (χ0n) is 14.6. The van der Waals surface area contributed by atoms with Gasteiger partial charge in [-0.1, -0.05) is 0 Å².